The zero-order chi connectivity index (χ0) is 19.6. The van der Waals surface area contributed by atoms with Crippen LogP contribution in [0.2, 0.25) is 0 Å². The number of benzene rings is 1. The molecule has 2 aromatic rings. The number of carbonyl (C=O) groups is 2. The van der Waals surface area contributed by atoms with E-state index < -0.39 is 23.5 Å². The van der Waals surface area contributed by atoms with Gasteiger partial charge in [0.15, 0.2) is 6.10 Å². The van der Waals surface area contributed by atoms with Crippen LogP contribution in [0.5, 0.6) is 0 Å². The maximum atomic E-state index is 12.5. The Morgan fingerprint density at radius 3 is 2.70 bits per heavy atom. The summed E-state index contributed by atoms with van der Waals surface area (Å²) in [6.07, 6.45) is 3.07. The van der Waals surface area contributed by atoms with Gasteiger partial charge in [-0.25, -0.2) is 4.79 Å². The van der Waals surface area contributed by atoms with Gasteiger partial charge in [0, 0.05) is 15.4 Å². The Hall–Kier alpha value is -2.33. The minimum Gasteiger partial charge on any atom is -0.449 e. The minimum atomic E-state index is -1.02. The second-order valence-electron chi connectivity index (χ2n) is 6.99. The molecule has 1 aliphatic carbocycles. The van der Waals surface area contributed by atoms with E-state index >= 15 is 0 Å². The molecule has 7 heteroatoms. The molecule has 1 amide bonds. The van der Waals surface area contributed by atoms with Gasteiger partial charge >= 0.3 is 5.97 Å². The van der Waals surface area contributed by atoms with E-state index in [0.29, 0.717) is 24.0 Å². The number of amides is 1. The number of hydrogen-bond donors (Lipinski definition) is 1. The standard InChI is InChI=1S/C20H21BrN2O4/c1-12-15-10-14(21)6-7-16(15)27-17(12)19(25)26-13(2)18(24)23-20(11-22)8-4-3-5-9-20/h6-7,10,13H,3-5,8-9H2,1-2H3,(H,23,24). The summed E-state index contributed by atoms with van der Waals surface area (Å²) in [4.78, 5) is 25.0. The molecule has 1 saturated carbocycles. The van der Waals surface area contributed by atoms with E-state index in [1.165, 1.54) is 6.92 Å². The second kappa shape index (κ2) is 7.73. The minimum absolute atomic E-state index is 0.0791. The van der Waals surface area contributed by atoms with E-state index in [1.54, 1.807) is 13.0 Å². The van der Waals surface area contributed by atoms with Crippen molar-refractivity contribution in [3.8, 4) is 6.07 Å². The lowest BCUT2D eigenvalue weighted by Crippen LogP contribution is -2.52. The van der Waals surface area contributed by atoms with Gasteiger partial charge in [0.05, 0.1) is 6.07 Å². The smallest absolute Gasteiger partial charge is 0.375 e. The lowest BCUT2D eigenvalue weighted by molar-refractivity contribution is -0.130. The first-order valence-electron chi connectivity index (χ1n) is 8.98. The first kappa shape index (κ1) is 19.4. The van der Waals surface area contributed by atoms with E-state index in [4.69, 9.17) is 9.15 Å². The van der Waals surface area contributed by atoms with Gasteiger partial charge in [-0.15, -0.1) is 0 Å². The Labute approximate surface area is 166 Å². The molecule has 0 saturated heterocycles. The number of furan rings is 1. The summed E-state index contributed by atoms with van der Waals surface area (Å²) in [7, 11) is 0. The zero-order valence-corrected chi connectivity index (χ0v) is 16.9. The molecule has 6 nitrogen and oxygen atoms in total. The largest absolute Gasteiger partial charge is 0.449 e. The van der Waals surface area contributed by atoms with E-state index in [-0.39, 0.29) is 5.76 Å². The van der Waals surface area contributed by atoms with Gasteiger partial charge < -0.3 is 14.5 Å². The lowest BCUT2D eigenvalue weighted by Gasteiger charge is -2.32. The first-order chi connectivity index (χ1) is 12.8. The number of fused-ring (bicyclic) bond motifs is 1. The highest BCUT2D eigenvalue weighted by Gasteiger charge is 2.35. The van der Waals surface area contributed by atoms with Gasteiger partial charge in [-0.2, -0.15) is 5.26 Å². The maximum absolute atomic E-state index is 12.5. The van der Waals surface area contributed by atoms with Crippen molar-refractivity contribution in [3.63, 3.8) is 0 Å². The molecule has 1 unspecified atom stereocenters. The predicted molar refractivity (Wildman–Crippen MR) is 103 cm³/mol. The number of ether oxygens (including phenoxy) is 1. The molecule has 3 rings (SSSR count). The van der Waals surface area contributed by atoms with Crippen LogP contribution in [0.3, 0.4) is 0 Å². The summed E-state index contributed by atoms with van der Waals surface area (Å²) >= 11 is 3.39. The summed E-state index contributed by atoms with van der Waals surface area (Å²) in [6.45, 7) is 3.27. The molecule has 0 bridgehead atoms. The highest BCUT2D eigenvalue weighted by molar-refractivity contribution is 9.10. The van der Waals surface area contributed by atoms with Gasteiger partial charge in [-0.1, -0.05) is 35.2 Å². The third-order valence-corrected chi connectivity index (χ3v) is 5.51. The van der Waals surface area contributed by atoms with Gasteiger partial charge in [0.2, 0.25) is 5.76 Å². The quantitative estimate of drug-likeness (QED) is 0.722. The molecular formula is C20H21BrN2O4. The average Bonchev–Trinajstić information content (AvgIpc) is 2.98. The number of nitrogens with one attached hydrogen (secondary N) is 1. The molecule has 27 heavy (non-hydrogen) atoms. The number of halogens is 1. The van der Waals surface area contributed by atoms with Crippen LogP contribution in [0.15, 0.2) is 27.1 Å². The Morgan fingerprint density at radius 1 is 1.33 bits per heavy atom. The summed E-state index contributed by atoms with van der Waals surface area (Å²) in [5.41, 5.74) is 0.368. The number of esters is 1. The van der Waals surface area contributed by atoms with Crippen LogP contribution in [0.4, 0.5) is 0 Å². The molecule has 1 atom stereocenters. The predicted octanol–water partition coefficient (Wildman–Crippen LogP) is 4.39. The number of hydrogen-bond acceptors (Lipinski definition) is 5. The fourth-order valence-electron chi connectivity index (χ4n) is 3.41. The van der Waals surface area contributed by atoms with Crippen molar-refractivity contribution < 1.29 is 18.7 Å². The molecule has 0 spiro atoms. The second-order valence-corrected chi connectivity index (χ2v) is 7.90. The van der Waals surface area contributed by atoms with Crippen LogP contribution in [-0.4, -0.2) is 23.5 Å². The molecular weight excluding hydrogens is 412 g/mol. The van der Waals surface area contributed by atoms with Crippen molar-refractivity contribution >= 4 is 38.8 Å². The van der Waals surface area contributed by atoms with Crippen LogP contribution in [0.1, 0.15) is 55.1 Å². The number of carbonyl (C=O) groups excluding carboxylic acids is 2. The first-order valence-corrected chi connectivity index (χ1v) is 9.77. The van der Waals surface area contributed by atoms with Crippen LogP contribution in [0, 0.1) is 18.3 Å². The highest BCUT2D eigenvalue weighted by atomic mass is 79.9. The van der Waals surface area contributed by atoms with Crippen molar-refractivity contribution in [2.24, 2.45) is 0 Å². The number of nitriles is 1. The van der Waals surface area contributed by atoms with Crippen molar-refractivity contribution in [2.45, 2.75) is 57.6 Å². The van der Waals surface area contributed by atoms with Crippen molar-refractivity contribution in [1.29, 1.82) is 5.26 Å². The highest BCUT2D eigenvalue weighted by Crippen LogP contribution is 2.29. The SMILES string of the molecule is Cc1c(C(=O)OC(C)C(=O)NC2(C#N)CCCCC2)oc2ccc(Br)cc12. The summed E-state index contributed by atoms with van der Waals surface area (Å²) in [5, 5.41) is 13.1. The normalized spacial score (nSPS) is 17.1. The fraction of sp³-hybridized carbons (Fsp3) is 0.450. The third kappa shape index (κ3) is 4.01. The van der Waals surface area contributed by atoms with Crippen LogP contribution >= 0.6 is 15.9 Å². The molecule has 1 N–H and O–H groups in total. The molecule has 0 aliphatic heterocycles. The van der Waals surface area contributed by atoms with Gasteiger partial charge in [0.25, 0.3) is 5.91 Å². The average molecular weight is 433 g/mol. The summed E-state index contributed by atoms with van der Waals surface area (Å²) in [6, 6.07) is 7.67. The Bertz CT molecular complexity index is 922. The topological polar surface area (TPSA) is 92.3 Å². The van der Waals surface area contributed by atoms with Crippen LogP contribution < -0.4 is 5.32 Å². The van der Waals surface area contributed by atoms with Crippen molar-refractivity contribution in [1.82, 2.24) is 5.32 Å². The Morgan fingerprint density at radius 2 is 2.04 bits per heavy atom. The number of nitrogens with zero attached hydrogens (tertiary/aromatic N) is 1. The number of rotatable bonds is 4. The van der Waals surface area contributed by atoms with Gasteiger partial charge in [0.1, 0.15) is 11.1 Å². The molecule has 1 aromatic heterocycles. The third-order valence-electron chi connectivity index (χ3n) is 5.02. The maximum Gasteiger partial charge on any atom is 0.375 e. The molecule has 0 radical (unpaired) electrons. The van der Waals surface area contributed by atoms with Gasteiger partial charge in [-0.05, 0) is 44.9 Å². The number of aryl methyl sites for hydroxylation is 1. The lowest BCUT2D eigenvalue weighted by atomic mass is 9.83. The summed E-state index contributed by atoms with van der Waals surface area (Å²) in [5.74, 6) is -1.09. The van der Waals surface area contributed by atoms with Crippen molar-refractivity contribution in [3.05, 3.63) is 34.0 Å². The molecule has 142 valence electrons. The Kier molecular flexibility index (Phi) is 5.56. The Balaban J connectivity index is 1.71. The zero-order valence-electron chi connectivity index (χ0n) is 15.3. The van der Waals surface area contributed by atoms with Crippen molar-refractivity contribution in [2.75, 3.05) is 0 Å². The van der Waals surface area contributed by atoms with E-state index in [9.17, 15) is 14.9 Å². The van der Waals surface area contributed by atoms with Gasteiger partial charge in [-0.3, -0.25) is 4.79 Å². The van der Waals surface area contributed by atoms with E-state index in [0.717, 1.165) is 29.1 Å². The summed E-state index contributed by atoms with van der Waals surface area (Å²) < 4.78 is 11.8. The van der Waals surface area contributed by atoms with E-state index in [1.807, 2.05) is 12.1 Å². The molecule has 1 aromatic carbocycles. The van der Waals surface area contributed by atoms with E-state index in [2.05, 4.69) is 27.3 Å². The molecule has 1 fully saturated rings. The van der Waals surface area contributed by atoms with Crippen LogP contribution in [0.25, 0.3) is 11.0 Å². The fourth-order valence-corrected chi connectivity index (χ4v) is 3.77. The molecule has 1 heterocycles. The molecule has 1 aliphatic rings. The monoisotopic (exact) mass is 432 g/mol. The van der Waals surface area contributed by atoms with Crippen LogP contribution in [-0.2, 0) is 9.53 Å².